The van der Waals surface area contributed by atoms with E-state index in [0.29, 0.717) is 5.92 Å². The molecule has 1 fully saturated rings. The highest BCUT2D eigenvalue weighted by Crippen LogP contribution is 2.32. The van der Waals surface area contributed by atoms with Gasteiger partial charge in [0.25, 0.3) is 0 Å². The minimum absolute atomic E-state index is 0.0108. The Balaban J connectivity index is 1.17. The fourth-order valence-electron chi connectivity index (χ4n) is 5.49. The van der Waals surface area contributed by atoms with Crippen LogP contribution in [0.25, 0.3) is 11.1 Å². The molecule has 0 amide bonds. The molecule has 1 heterocycles. The molecule has 0 radical (unpaired) electrons. The van der Waals surface area contributed by atoms with Crippen molar-refractivity contribution in [2.24, 2.45) is 5.92 Å². The Hall–Kier alpha value is -3.60. The first-order chi connectivity index (χ1) is 19.5. The monoisotopic (exact) mass is 534 g/mol. The maximum Gasteiger partial charge on any atom is 0.126 e. The van der Waals surface area contributed by atoms with E-state index >= 15 is 0 Å². The molecule has 2 N–H and O–H groups in total. The van der Waals surface area contributed by atoms with Crippen LogP contribution in [0.3, 0.4) is 0 Å². The van der Waals surface area contributed by atoms with Gasteiger partial charge in [-0.25, -0.2) is 0 Å². The molecule has 0 aromatic heterocycles. The van der Waals surface area contributed by atoms with Crippen LogP contribution in [0.5, 0.6) is 5.75 Å². The maximum absolute atomic E-state index is 10.2. The molecular formula is C36H42N2O2. The third-order valence-electron chi connectivity index (χ3n) is 8.01. The standard InChI is InChI=1S/C36H42N2O2/c1-27(2)36(39)37-33-15-9-14-32(26-33)30-20-23-38(24-21-30)25-22-35(31-12-7-4-8-13-31)40-34-18-16-29(17-19-34)28-10-5-3-6-11-28/h3-19,26-27,30,35-37,39H,20-25H2,1-2H3/t35-,36?/m0/s1. The van der Waals surface area contributed by atoms with Gasteiger partial charge in [0.05, 0.1) is 0 Å². The zero-order valence-electron chi connectivity index (χ0n) is 23.7. The molecule has 0 bridgehead atoms. The van der Waals surface area contributed by atoms with Gasteiger partial charge in [-0.15, -0.1) is 0 Å². The van der Waals surface area contributed by atoms with Crippen molar-refractivity contribution in [1.82, 2.24) is 4.90 Å². The van der Waals surface area contributed by atoms with Gasteiger partial charge in [-0.1, -0.05) is 98.8 Å². The van der Waals surface area contributed by atoms with Crippen LogP contribution in [-0.2, 0) is 0 Å². The van der Waals surface area contributed by atoms with E-state index in [-0.39, 0.29) is 12.0 Å². The maximum atomic E-state index is 10.2. The Morgan fingerprint density at radius 1 is 0.800 bits per heavy atom. The summed E-state index contributed by atoms with van der Waals surface area (Å²) in [5.41, 5.74) is 6.00. The van der Waals surface area contributed by atoms with Gasteiger partial charge >= 0.3 is 0 Å². The second-order valence-corrected chi connectivity index (χ2v) is 11.3. The molecule has 4 aromatic carbocycles. The number of benzene rings is 4. The molecule has 4 aromatic rings. The number of likely N-dealkylation sites (tertiary alicyclic amines) is 1. The number of nitrogens with one attached hydrogen (secondary N) is 1. The summed E-state index contributed by atoms with van der Waals surface area (Å²) in [6, 6.07) is 38.1. The first-order valence-corrected chi connectivity index (χ1v) is 14.7. The molecule has 0 aliphatic carbocycles. The molecule has 0 saturated carbocycles. The number of aliphatic hydroxyl groups excluding tert-OH is 1. The van der Waals surface area contributed by atoms with Crippen LogP contribution in [0.1, 0.15) is 56.3 Å². The smallest absolute Gasteiger partial charge is 0.126 e. The Bertz CT molecular complexity index is 1300. The SMILES string of the molecule is CC(C)C(O)Nc1cccc(C2CCN(CC[C@H](Oc3ccc(-c4ccccc4)cc3)c3ccccc3)CC2)c1. The van der Waals surface area contributed by atoms with Crippen molar-refractivity contribution in [1.29, 1.82) is 0 Å². The Morgan fingerprint density at radius 3 is 2.12 bits per heavy atom. The zero-order valence-corrected chi connectivity index (χ0v) is 23.7. The number of anilines is 1. The minimum atomic E-state index is -0.529. The number of rotatable bonds is 11. The van der Waals surface area contributed by atoms with Gasteiger partial charge in [-0.05, 0) is 84.3 Å². The lowest BCUT2D eigenvalue weighted by atomic mass is 9.89. The molecule has 208 valence electrons. The first-order valence-electron chi connectivity index (χ1n) is 14.7. The lowest BCUT2D eigenvalue weighted by Crippen LogP contribution is -2.34. The highest BCUT2D eigenvalue weighted by molar-refractivity contribution is 5.63. The summed E-state index contributed by atoms with van der Waals surface area (Å²) in [4.78, 5) is 2.58. The topological polar surface area (TPSA) is 44.7 Å². The van der Waals surface area contributed by atoms with Crippen molar-refractivity contribution in [2.45, 2.75) is 51.4 Å². The van der Waals surface area contributed by atoms with Crippen LogP contribution in [0.2, 0.25) is 0 Å². The third-order valence-corrected chi connectivity index (χ3v) is 8.01. The average Bonchev–Trinajstić information content (AvgIpc) is 3.01. The van der Waals surface area contributed by atoms with Crippen LogP contribution in [0.15, 0.2) is 109 Å². The normalized spacial score (nSPS) is 16.0. The van der Waals surface area contributed by atoms with Crippen LogP contribution in [0, 0.1) is 5.92 Å². The van der Waals surface area contributed by atoms with Crippen molar-refractivity contribution >= 4 is 5.69 Å². The highest BCUT2D eigenvalue weighted by atomic mass is 16.5. The molecule has 1 aliphatic heterocycles. The van der Waals surface area contributed by atoms with Crippen molar-refractivity contribution < 1.29 is 9.84 Å². The lowest BCUT2D eigenvalue weighted by Gasteiger charge is -2.33. The summed E-state index contributed by atoms with van der Waals surface area (Å²) in [5.74, 6) is 1.63. The number of aliphatic hydroxyl groups is 1. The predicted octanol–water partition coefficient (Wildman–Crippen LogP) is 8.13. The van der Waals surface area contributed by atoms with Crippen LogP contribution >= 0.6 is 0 Å². The largest absolute Gasteiger partial charge is 0.486 e. The highest BCUT2D eigenvalue weighted by Gasteiger charge is 2.23. The summed E-state index contributed by atoms with van der Waals surface area (Å²) in [5, 5.41) is 13.5. The lowest BCUT2D eigenvalue weighted by molar-refractivity contribution is 0.147. The van der Waals surface area contributed by atoms with Gasteiger partial charge in [0.2, 0.25) is 0 Å². The Labute approximate surface area is 239 Å². The molecule has 2 atom stereocenters. The number of nitrogens with zero attached hydrogens (tertiary/aromatic N) is 1. The zero-order chi connectivity index (χ0) is 27.7. The van der Waals surface area contributed by atoms with Crippen molar-refractivity contribution in [2.75, 3.05) is 25.0 Å². The molecule has 0 spiro atoms. The average molecular weight is 535 g/mol. The van der Waals surface area contributed by atoms with Gasteiger partial charge in [-0.2, -0.15) is 0 Å². The van der Waals surface area contributed by atoms with Crippen LogP contribution in [0.4, 0.5) is 5.69 Å². The fourth-order valence-corrected chi connectivity index (χ4v) is 5.49. The van der Waals surface area contributed by atoms with E-state index in [9.17, 15) is 5.11 Å². The molecule has 5 rings (SSSR count). The van der Waals surface area contributed by atoms with Crippen molar-refractivity contribution in [3.05, 3.63) is 120 Å². The number of hydrogen-bond donors (Lipinski definition) is 2. The quantitative estimate of drug-likeness (QED) is 0.191. The summed E-state index contributed by atoms with van der Waals surface area (Å²) in [6.45, 7) is 7.23. The number of ether oxygens (including phenoxy) is 1. The first kappa shape index (κ1) is 27.9. The van der Waals surface area contributed by atoms with Gasteiger partial charge in [0.1, 0.15) is 18.1 Å². The second-order valence-electron chi connectivity index (χ2n) is 11.3. The third kappa shape index (κ3) is 7.53. The molecule has 1 saturated heterocycles. The molecule has 1 aliphatic rings. The molecule has 4 heteroatoms. The number of hydrogen-bond acceptors (Lipinski definition) is 4. The van der Waals surface area contributed by atoms with Crippen molar-refractivity contribution in [3.8, 4) is 16.9 Å². The fraction of sp³-hybridized carbons (Fsp3) is 0.333. The van der Waals surface area contributed by atoms with Gasteiger partial charge in [0, 0.05) is 18.7 Å². The minimum Gasteiger partial charge on any atom is -0.486 e. The van der Waals surface area contributed by atoms with Gasteiger partial charge in [0.15, 0.2) is 0 Å². The second kappa shape index (κ2) is 13.6. The molecule has 4 nitrogen and oxygen atoms in total. The predicted molar refractivity (Wildman–Crippen MR) is 166 cm³/mol. The molecule has 40 heavy (non-hydrogen) atoms. The van der Waals surface area contributed by atoms with Gasteiger partial charge in [-0.3, -0.25) is 0 Å². The Morgan fingerprint density at radius 2 is 1.45 bits per heavy atom. The van der Waals surface area contributed by atoms with E-state index in [2.05, 4.69) is 107 Å². The van der Waals surface area contributed by atoms with Crippen LogP contribution in [-0.4, -0.2) is 35.9 Å². The number of piperidine rings is 1. The summed E-state index contributed by atoms with van der Waals surface area (Å²) >= 11 is 0. The van der Waals surface area contributed by atoms with E-state index in [1.54, 1.807) is 0 Å². The summed E-state index contributed by atoms with van der Waals surface area (Å²) in [6.07, 6.45) is 2.72. The van der Waals surface area contributed by atoms with E-state index in [1.165, 1.54) is 22.3 Å². The van der Waals surface area contributed by atoms with Crippen molar-refractivity contribution in [3.63, 3.8) is 0 Å². The van der Waals surface area contributed by atoms with E-state index in [4.69, 9.17) is 4.74 Å². The molecular weight excluding hydrogens is 492 g/mol. The Kier molecular flexibility index (Phi) is 9.54. The molecule has 1 unspecified atom stereocenters. The van der Waals surface area contributed by atoms with Gasteiger partial charge < -0.3 is 20.1 Å². The van der Waals surface area contributed by atoms with Crippen LogP contribution < -0.4 is 10.1 Å². The van der Waals surface area contributed by atoms with E-state index in [1.807, 2.05) is 26.0 Å². The summed E-state index contributed by atoms with van der Waals surface area (Å²) in [7, 11) is 0. The van der Waals surface area contributed by atoms with E-state index < -0.39 is 6.23 Å². The summed E-state index contributed by atoms with van der Waals surface area (Å²) < 4.78 is 6.58. The van der Waals surface area contributed by atoms with E-state index in [0.717, 1.165) is 50.3 Å².